The van der Waals surface area contributed by atoms with Crippen LogP contribution in [0.4, 0.5) is 0 Å². The van der Waals surface area contributed by atoms with Gasteiger partial charge in [0.05, 0.1) is 0 Å². The van der Waals surface area contributed by atoms with Gasteiger partial charge in [-0.25, -0.2) is 0 Å². The molecule has 0 saturated carbocycles. The van der Waals surface area contributed by atoms with Crippen LogP contribution >= 0.6 is 24.8 Å². The normalized spacial score (nSPS) is 0. The van der Waals surface area contributed by atoms with Crippen molar-refractivity contribution in [3.8, 4) is 0 Å². The Morgan fingerprint density at radius 1 is 0.750 bits per heavy atom. The van der Waals surface area contributed by atoms with Crippen LogP contribution in [-0.2, 0) is 36.5 Å². The van der Waals surface area contributed by atoms with Crippen molar-refractivity contribution < 1.29 is 36.5 Å². The fourth-order valence-corrected chi connectivity index (χ4v) is 0. The van der Waals surface area contributed by atoms with Gasteiger partial charge in [0.1, 0.15) is 0 Å². The average Bonchev–Trinajstić information content (AvgIpc) is 0. The van der Waals surface area contributed by atoms with Crippen molar-refractivity contribution in [2.75, 3.05) is 0 Å². The van der Waals surface area contributed by atoms with Crippen LogP contribution in [0.1, 0.15) is 0 Å². The molecule has 29 valence electrons. The van der Waals surface area contributed by atoms with Crippen molar-refractivity contribution in [3.05, 3.63) is 0 Å². The van der Waals surface area contributed by atoms with E-state index >= 15 is 0 Å². The zero-order valence-corrected chi connectivity index (χ0v) is 7.37. The predicted octanol–water partition coefficient (Wildman–Crippen LogP) is 0.839. The maximum Gasteiger partial charge on any atom is 0 e. The van der Waals surface area contributed by atoms with Gasteiger partial charge in [0.25, 0.3) is 0 Å². The van der Waals surface area contributed by atoms with E-state index in [1.165, 1.54) is 0 Å². The van der Waals surface area contributed by atoms with E-state index in [1.807, 2.05) is 0 Å². The molecular formula is H2Cl2CuZn. The molecule has 0 amide bonds. The quantitative estimate of drug-likeness (QED) is 0.510. The average molecular weight is 202 g/mol. The molecule has 4 heavy (non-hydrogen) atoms. The van der Waals surface area contributed by atoms with Gasteiger partial charge in [-0.05, 0) is 0 Å². The first-order chi connectivity index (χ1) is 0. The predicted molar refractivity (Wildman–Crippen MR) is 14.5 cm³/mol. The molecule has 1 radical (unpaired) electrons. The van der Waals surface area contributed by atoms with Crippen LogP contribution in [0.2, 0.25) is 0 Å². The largest absolute Gasteiger partial charge is 0.147 e. The van der Waals surface area contributed by atoms with Crippen molar-refractivity contribution in [1.82, 2.24) is 0 Å². The molecule has 0 aromatic carbocycles. The molecule has 0 aromatic rings. The standard InChI is InChI=1S/2ClH.Cu.Zn/h2*1H;;. The van der Waals surface area contributed by atoms with Gasteiger partial charge in [0.15, 0.2) is 0 Å². The van der Waals surface area contributed by atoms with Gasteiger partial charge in [0, 0.05) is 36.5 Å². The van der Waals surface area contributed by atoms with Gasteiger partial charge in [0.2, 0.25) is 0 Å². The van der Waals surface area contributed by atoms with Gasteiger partial charge >= 0.3 is 0 Å². The third kappa shape index (κ3) is 9.30. The molecule has 0 heterocycles. The second-order valence-corrected chi connectivity index (χ2v) is 0. The molecule has 0 aliphatic rings. The van der Waals surface area contributed by atoms with E-state index in [-0.39, 0.29) is 61.4 Å². The molecule has 0 saturated heterocycles. The molecule has 0 nitrogen and oxygen atoms in total. The molecule has 0 aliphatic carbocycles. The first-order valence-electron chi connectivity index (χ1n) is 0. The molecule has 4 heteroatoms. The van der Waals surface area contributed by atoms with E-state index in [2.05, 4.69) is 0 Å². The maximum absolute atomic E-state index is 0. The number of hydrogen-bond acceptors (Lipinski definition) is 0. The summed E-state index contributed by atoms with van der Waals surface area (Å²) >= 11 is 0. The zero-order valence-electron chi connectivity index (χ0n) is 1.83. The second kappa shape index (κ2) is 22.1. The van der Waals surface area contributed by atoms with Gasteiger partial charge < -0.3 is 0 Å². The summed E-state index contributed by atoms with van der Waals surface area (Å²) in [5.41, 5.74) is 0. The van der Waals surface area contributed by atoms with Crippen LogP contribution in [0.15, 0.2) is 0 Å². The Labute approximate surface area is 61.2 Å². The first kappa shape index (κ1) is 43.0. The second-order valence-electron chi connectivity index (χ2n) is 0. The van der Waals surface area contributed by atoms with E-state index in [1.54, 1.807) is 0 Å². The summed E-state index contributed by atoms with van der Waals surface area (Å²) in [4.78, 5) is 0. The van der Waals surface area contributed by atoms with E-state index in [0.717, 1.165) is 0 Å². The van der Waals surface area contributed by atoms with Crippen LogP contribution in [0.5, 0.6) is 0 Å². The summed E-state index contributed by atoms with van der Waals surface area (Å²) in [7, 11) is 0. The zero-order chi connectivity index (χ0) is 0. The summed E-state index contributed by atoms with van der Waals surface area (Å²) in [6, 6.07) is 0. The molecule has 0 atom stereocenters. The Kier molecular flexibility index (Phi) is 237. The third-order valence-corrected chi connectivity index (χ3v) is 0. The van der Waals surface area contributed by atoms with Crippen molar-refractivity contribution in [3.63, 3.8) is 0 Å². The van der Waals surface area contributed by atoms with Gasteiger partial charge in [-0.3, -0.25) is 0 Å². The topological polar surface area (TPSA) is 0 Å². The van der Waals surface area contributed by atoms with Crippen LogP contribution < -0.4 is 0 Å². The van der Waals surface area contributed by atoms with Gasteiger partial charge in [-0.1, -0.05) is 0 Å². The van der Waals surface area contributed by atoms with E-state index in [4.69, 9.17) is 0 Å². The Morgan fingerprint density at radius 3 is 0.750 bits per heavy atom. The summed E-state index contributed by atoms with van der Waals surface area (Å²) < 4.78 is 0. The van der Waals surface area contributed by atoms with Crippen molar-refractivity contribution in [2.45, 2.75) is 0 Å². The fraction of sp³-hybridized carbons (Fsp3) is 0. The van der Waals surface area contributed by atoms with Crippen LogP contribution in [0.25, 0.3) is 0 Å². The minimum atomic E-state index is 0. The Hall–Kier alpha value is 1.72. The third-order valence-electron chi connectivity index (χ3n) is 0. The number of hydrogen-bond donors (Lipinski definition) is 0. The molecule has 0 bridgehead atoms. The monoisotopic (exact) mass is 199 g/mol. The SMILES string of the molecule is Cl.Cl.[Cu].[Zn]. The number of halogens is 2. The Bertz CT molecular complexity index is 6.00. The van der Waals surface area contributed by atoms with Crippen LogP contribution in [-0.4, -0.2) is 0 Å². The van der Waals surface area contributed by atoms with Crippen molar-refractivity contribution in [1.29, 1.82) is 0 Å². The molecular weight excluding hydrogens is 200 g/mol. The molecule has 0 unspecified atom stereocenters. The summed E-state index contributed by atoms with van der Waals surface area (Å²) in [6.07, 6.45) is 0. The van der Waals surface area contributed by atoms with Gasteiger partial charge in [-0.2, -0.15) is 0 Å². The molecule has 0 aromatic heterocycles. The summed E-state index contributed by atoms with van der Waals surface area (Å²) in [6.45, 7) is 0. The van der Waals surface area contributed by atoms with Crippen LogP contribution in [0.3, 0.4) is 0 Å². The molecule has 0 rings (SSSR count). The molecule has 0 spiro atoms. The minimum Gasteiger partial charge on any atom is -0.147 e. The van der Waals surface area contributed by atoms with Crippen molar-refractivity contribution >= 4 is 24.8 Å². The van der Waals surface area contributed by atoms with Gasteiger partial charge in [-0.15, -0.1) is 24.8 Å². The minimum absolute atomic E-state index is 0. The maximum atomic E-state index is 0. The summed E-state index contributed by atoms with van der Waals surface area (Å²) in [5.74, 6) is 0. The fourth-order valence-electron chi connectivity index (χ4n) is 0. The smallest absolute Gasteiger partial charge is 0 e. The molecule has 0 aliphatic heterocycles. The van der Waals surface area contributed by atoms with E-state index in [9.17, 15) is 0 Å². The first-order valence-corrected chi connectivity index (χ1v) is 0. The Balaban J connectivity index is 0. The van der Waals surface area contributed by atoms with E-state index < -0.39 is 0 Å². The summed E-state index contributed by atoms with van der Waals surface area (Å²) in [5, 5.41) is 0. The van der Waals surface area contributed by atoms with E-state index in [0.29, 0.717) is 0 Å². The van der Waals surface area contributed by atoms with Crippen molar-refractivity contribution in [2.24, 2.45) is 0 Å². The molecule has 0 fully saturated rings. The van der Waals surface area contributed by atoms with Crippen LogP contribution in [0, 0.1) is 0 Å². The Morgan fingerprint density at radius 2 is 0.750 bits per heavy atom. The number of rotatable bonds is 0. The molecule has 0 N–H and O–H groups in total.